The average Bonchev–Trinajstić information content (AvgIpc) is 2.43. The van der Waals surface area contributed by atoms with E-state index in [2.05, 4.69) is 50.4 Å². The number of anilines is 1. The lowest BCUT2D eigenvalue weighted by Crippen LogP contribution is -2.14. The Labute approximate surface area is 148 Å². The number of hydrogen-bond acceptors (Lipinski definition) is 2. The van der Waals surface area contributed by atoms with Crippen LogP contribution in [0.15, 0.2) is 50.2 Å². The third-order valence-corrected chi connectivity index (χ3v) is 5.92. The molecule has 118 valence electrons. The molecule has 0 spiro atoms. The third kappa shape index (κ3) is 3.91. The minimum Gasteiger partial charge on any atom is -0.277 e. The molecule has 0 aliphatic heterocycles. The minimum absolute atomic E-state index is 0.241. The van der Waals surface area contributed by atoms with Crippen LogP contribution in [0.3, 0.4) is 0 Å². The highest BCUT2D eigenvalue weighted by Gasteiger charge is 2.18. The van der Waals surface area contributed by atoms with Crippen LogP contribution in [0.5, 0.6) is 0 Å². The molecule has 0 atom stereocenters. The molecule has 0 heterocycles. The van der Waals surface area contributed by atoms with Crippen LogP contribution in [0.1, 0.15) is 30.9 Å². The molecule has 0 unspecified atom stereocenters. The summed E-state index contributed by atoms with van der Waals surface area (Å²) in [5, 5.41) is 0. The van der Waals surface area contributed by atoms with Gasteiger partial charge in [-0.2, -0.15) is 0 Å². The zero-order valence-corrected chi connectivity index (χ0v) is 16.5. The number of sulfonamides is 1. The summed E-state index contributed by atoms with van der Waals surface area (Å²) in [6, 6.07) is 10.6. The number of nitrogens with one attached hydrogen (secondary N) is 1. The largest absolute Gasteiger partial charge is 0.277 e. The van der Waals surface area contributed by atoms with Crippen molar-refractivity contribution in [2.24, 2.45) is 0 Å². The van der Waals surface area contributed by atoms with Crippen molar-refractivity contribution in [1.29, 1.82) is 0 Å². The summed E-state index contributed by atoms with van der Waals surface area (Å²) in [6.45, 7) is 6.09. The van der Waals surface area contributed by atoms with Crippen molar-refractivity contribution in [1.82, 2.24) is 0 Å². The molecular weight excluding hydrogens is 430 g/mol. The van der Waals surface area contributed by atoms with Gasteiger partial charge in [0.2, 0.25) is 0 Å². The van der Waals surface area contributed by atoms with Gasteiger partial charge in [0.05, 0.1) is 10.6 Å². The number of rotatable bonds is 4. The average molecular weight is 447 g/mol. The predicted molar refractivity (Wildman–Crippen MR) is 97.9 cm³/mol. The van der Waals surface area contributed by atoms with Gasteiger partial charge in [-0.15, -0.1) is 0 Å². The van der Waals surface area contributed by atoms with E-state index < -0.39 is 10.0 Å². The number of hydrogen-bond donors (Lipinski definition) is 1. The number of aryl methyl sites for hydroxylation is 1. The van der Waals surface area contributed by atoms with E-state index >= 15 is 0 Å². The lowest BCUT2D eigenvalue weighted by atomic mass is 10.0. The van der Waals surface area contributed by atoms with Gasteiger partial charge in [0, 0.05) is 8.95 Å². The third-order valence-electron chi connectivity index (χ3n) is 3.30. The van der Waals surface area contributed by atoms with E-state index in [1.165, 1.54) is 0 Å². The van der Waals surface area contributed by atoms with Crippen LogP contribution in [0, 0.1) is 6.92 Å². The Hall–Kier alpha value is -0.850. The molecule has 0 radical (unpaired) electrons. The molecule has 0 saturated carbocycles. The van der Waals surface area contributed by atoms with Crippen LogP contribution < -0.4 is 4.72 Å². The highest BCUT2D eigenvalue weighted by Crippen LogP contribution is 2.36. The Bertz CT molecular complexity index is 761. The maximum atomic E-state index is 12.5. The van der Waals surface area contributed by atoms with Gasteiger partial charge in [0.25, 0.3) is 10.0 Å². The highest BCUT2D eigenvalue weighted by atomic mass is 79.9. The SMILES string of the molecule is Cc1ccc(S(=O)(=O)Nc2c(Br)cc(C(C)C)cc2Br)cc1. The van der Waals surface area contributed by atoms with Crippen molar-refractivity contribution in [3.05, 3.63) is 56.5 Å². The summed E-state index contributed by atoms with van der Waals surface area (Å²) in [4.78, 5) is 0.241. The van der Waals surface area contributed by atoms with Crippen LogP contribution in [-0.2, 0) is 10.0 Å². The van der Waals surface area contributed by atoms with Gasteiger partial charge < -0.3 is 0 Å². The van der Waals surface area contributed by atoms with E-state index in [4.69, 9.17) is 0 Å². The van der Waals surface area contributed by atoms with Crippen molar-refractivity contribution >= 4 is 47.6 Å². The van der Waals surface area contributed by atoms with Crippen molar-refractivity contribution in [3.63, 3.8) is 0 Å². The van der Waals surface area contributed by atoms with Crippen molar-refractivity contribution in [2.45, 2.75) is 31.6 Å². The second-order valence-corrected chi connectivity index (χ2v) is 8.82. The maximum absolute atomic E-state index is 12.5. The Morgan fingerprint density at radius 2 is 1.50 bits per heavy atom. The molecular formula is C16H17Br2NO2S. The molecule has 2 aromatic rings. The molecule has 0 saturated heterocycles. The molecule has 0 fully saturated rings. The number of benzene rings is 2. The first-order valence-corrected chi connectivity index (χ1v) is 9.86. The van der Waals surface area contributed by atoms with E-state index in [0.29, 0.717) is 20.6 Å². The first-order chi connectivity index (χ1) is 10.2. The van der Waals surface area contributed by atoms with Gasteiger partial charge in [-0.1, -0.05) is 31.5 Å². The summed E-state index contributed by atoms with van der Waals surface area (Å²) in [5.74, 6) is 0.357. The van der Waals surface area contributed by atoms with Gasteiger partial charge >= 0.3 is 0 Å². The predicted octanol–water partition coefficient (Wildman–Crippen LogP) is 5.44. The van der Waals surface area contributed by atoms with E-state index in [1.807, 2.05) is 19.1 Å². The van der Waals surface area contributed by atoms with Crippen molar-refractivity contribution < 1.29 is 8.42 Å². The summed E-state index contributed by atoms with van der Waals surface area (Å²) in [6.07, 6.45) is 0. The van der Waals surface area contributed by atoms with Gasteiger partial charge in [-0.3, -0.25) is 4.72 Å². The van der Waals surface area contributed by atoms with Crippen LogP contribution in [0.25, 0.3) is 0 Å². The number of halogens is 2. The lowest BCUT2D eigenvalue weighted by molar-refractivity contribution is 0.601. The molecule has 0 aliphatic carbocycles. The van der Waals surface area contributed by atoms with Gasteiger partial charge in [0.15, 0.2) is 0 Å². The molecule has 6 heteroatoms. The first kappa shape index (κ1) is 17.5. The molecule has 2 aromatic carbocycles. The molecule has 0 aliphatic rings. The smallest absolute Gasteiger partial charge is 0.261 e. The second-order valence-electron chi connectivity index (χ2n) is 5.43. The van der Waals surface area contributed by atoms with Gasteiger partial charge in [0.1, 0.15) is 0 Å². The molecule has 0 amide bonds. The van der Waals surface area contributed by atoms with Crippen LogP contribution >= 0.6 is 31.9 Å². The quantitative estimate of drug-likeness (QED) is 0.679. The summed E-state index contributed by atoms with van der Waals surface area (Å²) in [5.41, 5.74) is 2.64. The van der Waals surface area contributed by atoms with Crippen molar-refractivity contribution in [2.75, 3.05) is 4.72 Å². The van der Waals surface area contributed by atoms with E-state index in [9.17, 15) is 8.42 Å². The van der Waals surface area contributed by atoms with Gasteiger partial charge in [-0.25, -0.2) is 8.42 Å². The van der Waals surface area contributed by atoms with Crippen LogP contribution in [-0.4, -0.2) is 8.42 Å². The van der Waals surface area contributed by atoms with Crippen LogP contribution in [0.4, 0.5) is 5.69 Å². The molecule has 3 nitrogen and oxygen atoms in total. The lowest BCUT2D eigenvalue weighted by Gasteiger charge is -2.15. The van der Waals surface area contributed by atoms with Crippen LogP contribution in [0.2, 0.25) is 0 Å². The van der Waals surface area contributed by atoms with Gasteiger partial charge in [-0.05, 0) is 74.5 Å². The summed E-state index contributed by atoms with van der Waals surface area (Å²) < 4.78 is 29.0. The fourth-order valence-electron chi connectivity index (χ4n) is 1.93. The monoisotopic (exact) mass is 445 g/mol. The Balaban J connectivity index is 2.40. The minimum atomic E-state index is -3.62. The first-order valence-electron chi connectivity index (χ1n) is 6.79. The van der Waals surface area contributed by atoms with E-state index in [1.54, 1.807) is 24.3 Å². The summed E-state index contributed by atoms with van der Waals surface area (Å²) >= 11 is 6.89. The van der Waals surface area contributed by atoms with E-state index in [0.717, 1.165) is 11.1 Å². The second kappa shape index (κ2) is 6.72. The topological polar surface area (TPSA) is 46.2 Å². The Kier molecular flexibility index (Phi) is 5.35. The van der Waals surface area contributed by atoms with E-state index in [-0.39, 0.29) is 4.90 Å². The fraction of sp³-hybridized carbons (Fsp3) is 0.250. The molecule has 2 rings (SSSR count). The summed E-state index contributed by atoms with van der Waals surface area (Å²) in [7, 11) is -3.62. The highest BCUT2D eigenvalue weighted by molar-refractivity contribution is 9.11. The molecule has 0 bridgehead atoms. The van der Waals surface area contributed by atoms with Crippen molar-refractivity contribution in [3.8, 4) is 0 Å². The molecule has 0 aromatic heterocycles. The normalized spacial score (nSPS) is 11.7. The standard InChI is InChI=1S/C16H17Br2NO2S/c1-10(2)12-8-14(17)16(15(18)9-12)19-22(20,21)13-6-4-11(3)5-7-13/h4-10,19H,1-3H3. The fourth-order valence-corrected chi connectivity index (χ4v) is 4.72. The molecule has 1 N–H and O–H groups in total. The zero-order chi connectivity index (χ0) is 16.5. The zero-order valence-electron chi connectivity index (χ0n) is 12.5. The Morgan fingerprint density at radius 3 is 1.95 bits per heavy atom. The maximum Gasteiger partial charge on any atom is 0.261 e. The Morgan fingerprint density at radius 1 is 1.00 bits per heavy atom. The molecule has 22 heavy (non-hydrogen) atoms.